The molecule has 32 heavy (non-hydrogen) atoms. The van der Waals surface area contributed by atoms with Crippen molar-refractivity contribution in [1.82, 2.24) is 14.5 Å². The van der Waals surface area contributed by atoms with Crippen molar-refractivity contribution in [2.75, 3.05) is 17.3 Å². The summed E-state index contributed by atoms with van der Waals surface area (Å²) >= 11 is 1.36. The quantitative estimate of drug-likeness (QED) is 0.461. The first-order valence-electron chi connectivity index (χ1n) is 10.6. The van der Waals surface area contributed by atoms with Crippen molar-refractivity contribution in [1.29, 1.82) is 0 Å². The van der Waals surface area contributed by atoms with Crippen LogP contribution in [0.4, 0.5) is 0 Å². The zero-order chi connectivity index (χ0) is 22.7. The number of aromatic nitrogens is 2. The summed E-state index contributed by atoms with van der Waals surface area (Å²) < 4.78 is 31.5. The van der Waals surface area contributed by atoms with Gasteiger partial charge < -0.3 is 9.32 Å². The molecule has 3 heterocycles. The molecule has 0 bridgehead atoms. The molecule has 3 aromatic rings. The van der Waals surface area contributed by atoms with Crippen LogP contribution in [0.3, 0.4) is 0 Å². The van der Waals surface area contributed by atoms with Crippen LogP contribution in [0, 0.1) is 0 Å². The van der Waals surface area contributed by atoms with E-state index in [1.807, 2.05) is 22.9 Å². The smallest absolute Gasteiger partial charge is 0.233 e. The highest BCUT2D eigenvalue weighted by atomic mass is 32.2. The fraction of sp³-hybridized carbons (Fsp3) is 0.391. The molecule has 1 fully saturated rings. The van der Waals surface area contributed by atoms with Crippen molar-refractivity contribution in [2.24, 2.45) is 0 Å². The first-order valence-corrected chi connectivity index (χ1v) is 13.4. The van der Waals surface area contributed by atoms with Crippen LogP contribution in [-0.2, 0) is 21.2 Å². The first kappa shape index (κ1) is 22.7. The van der Waals surface area contributed by atoms with Gasteiger partial charge in [0.25, 0.3) is 0 Å². The summed E-state index contributed by atoms with van der Waals surface area (Å²) in [6, 6.07) is 11.4. The minimum absolute atomic E-state index is 0.000502. The van der Waals surface area contributed by atoms with Gasteiger partial charge in [0.05, 0.1) is 35.8 Å². The van der Waals surface area contributed by atoms with E-state index in [1.165, 1.54) is 17.3 Å². The predicted octanol–water partition coefficient (Wildman–Crippen LogP) is 3.90. The zero-order valence-electron chi connectivity index (χ0n) is 18.2. The number of rotatable bonds is 8. The Labute approximate surface area is 192 Å². The van der Waals surface area contributed by atoms with Crippen LogP contribution >= 0.6 is 11.8 Å². The van der Waals surface area contributed by atoms with E-state index in [0.29, 0.717) is 18.1 Å². The third-order valence-electron chi connectivity index (χ3n) is 5.63. The second-order valence-corrected chi connectivity index (χ2v) is 11.4. The van der Waals surface area contributed by atoms with E-state index in [9.17, 15) is 13.2 Å². The monoisotopic (exact) mass is 473 g/mol. The van der Waals surface area contributed by atoms with Gasteiger partial charge in [-0.25, -0.2) is 13.4 Å². The lowest BCUT2D eigenvalue weighted by Crippen LogP contribution is -2.41. The molecule has 1 amide bonds. The Morgan fingerprint density at radius 1 is 1.28 bits per heavy atom. The van der Waals surface area contributed by atoms with Crippen LogP contribution in [-0.4, -0.2) is 52.1 Å². The van der Waals surface area contributed by atoms with Crippen molar-refractivity contribution in [2.45, 2.75) is 43.9 Å². The van der Waals surface area contributed by atoms with Gasteiger partial charge in [-0.15, -0.1) is 0 Å². The third-order valence-corrected chi connectivity index (χ3v) is 8.33. The van der Waals surface area contributed by atoms with Gasteiger partial charge in [0.2, 0.25) is 5.91 Å². The number of furan rings is 1. The second-order valence-electron chi connectivity index (χ2n) is 8.24. The van der Waals surface area contributed by atoms with Crippen molar-refractivity contribution < 1.29 is 17.6 Å². The average Bonchev–Trinajstić information content (AvgIpc) is 3.51. The SMILES string of the molecule is CC(C)c1ccccc1-n1ccnc1SCC(=O)N(Cc1ccco1)C1CCS(=O)(=O)C1. The molecule has 4 rings (SSSR count). The lowest BCUT2D eigenvalue weighted by Gasteiger charge is -2.27. The minimum atomic E-state index is -3.11. The predicted molar refractivity (Wildman–Crippen MR) is 125 cm³/mol. The molecule has 1 saturated heterocycles. The van der Waals surface area contributed by atoms with E-state index in [-0.39, 0.29) is 35.8 Å². The molecule has 0 N–H and O–H groups in total. The highest BCUT2D eigenvalue weighted by molar-refractivity contribution is 7.99. The Morgan fingerprint density at radius 2 is 2.09 bits per heavy atom. The van der Waals surface area contributed by atoms with E-state index in [0.717, 1.165) is 10.8 Å². The number of sulfone groups is 1. The Hall–Kier alpha value is -2.52. The molecule has 1 atom stereocenters. The van der Waals surface area contributed by atoms with E-state index in [1.54, 1.807) is 29.5 Å². The van der Waals surface area contributed by atoms with Crippen LogP contribution < -0.4 is 0 Å². The van der Waals surface area contributed by atoms with Gasteiger partial charge in [0, 0.05) is 18.4 Å². The largest absolute Gasteiger partial charge is 0.467 e. The van der Waals surface area contributed by atoms with Crippen molar-refractivity contribution in [3.05, 3.63) is 66.4 Å². The van der Waals surface area contributed by atoms with Gasteiger partial charge in [0.15, 0.2) is 15.0 Å². The van der Waals surface area contributed by atoms with Crippen LogP contribution in [0.1, 0.15) is 37.5 Å². The van der Waals surface area contributed by atoms with Crippen LogP contribution in [0.5, 0.6) is 0 Å². The van der Waals surface area contributed by atoms with Crippen molar-refractivity contribution in [3.8, 4) is 5.69 Å². The second kappa shape index (κ2) is 9.54. The standard InChI is InChI=1S/C23H27N3O4S2/c1-17(2)20-7-3-4-8-21(20)25-11-10-24-23(25)31-15-22(27)26(14-19-6-5-12-30-19)18-9-13-32(28,29)16-18/h3-8,10-12,17-18H,9,13-16H2,1-2H3. The summed E-state index contributed by atoms with van der Waals surface area (Å²) in [7, 11) is -3.11. The number of carbonyl (C=O) groups excluding carboxylic acids is 1. The highest BCUT2D eigenvalue weighted by Crippen LogP contribution is 2.28. The molecule has 0 aliphatic carbocycles. The molecular formula is C23H27N3O4S2. The Balaban J connectivity index is 1.52. The van der Waals surface area contributed by atoms with Crippen molar-refractivity contribution >= 4 is 27.5 Å². The highest BCUT2D eigenvalue weighted by Gasteiger charge is 2.35. The van der Waals surface area contributed by atoms with Gasteiger partial charge in [-0.2, -0.15) is 0 Å². The number of nitrogens with zero attached hydrogens (tertiary/aromatic N) is 3. The lowest BCUT2D eigenvalue weighted by molar-refractivity contribution is -0.131. The summed E-state index contributed by atoms with van der Waals surface area (Å²) in [5.74, 6) is 1.14. The maximum absolute atomic E-state index is 13.2. The molecular weight excluding hydrogens is 446 g/mol. The fourth-order valence-corrected chi connectivity index (χ4v) is 6.58. The number of hydrogen-bond donors (Lipinski definition) is 0. The molecule has 170 valence electrons. The molecule has 7 nitrogen and oxygen atoms in total. The minimum Gasteiger partial charge on any atom is -0.467 e. The normalized spacial score (nSPS) is 17.7. The number of benzene rings is 1. The van der Waals surface area contributed by atoms with Gasteiger partial charge in [-0.3, -0.25) is 9.36 Å². The van der Waals surface area contributed by atoms with E-state index >= 15 is 0 Å². The maximum Gasteiger partial charge on any atom is 0.233 e. The van der Waals surface area contributed by atoms with E-state index < -0.39 is 9.84 Å². The maximum atomic E-state index is 13.2. The van der Waals surface area contributed by atoms with Gasteiger partial charge in [-0.05, 0) is 36.1 Å². The Morgan fingerprint density at radius 3 is 2.78 bits per heavy atom. The summed E-state index contributed by atoms with van der Waals surface area (Å²) in [4.78, 5) is 19.3. The topological polar surface area (TPSA) is 85.4 Å². The van der Waals surface area contributed by atoms with Crippen LogP contribution in [0.25, 0.3) is 5.69 Å². The molecule has 0 radical (unpaired) electrons. The van der Waals surface area contributed by atoms with Gasteiger partial charge in [-0.1, -0.05) is 43.8 Å². The number of hydrogen-bond acceptors (Lipinski definition) is 6. The van der Waals surface area contributed by atoms with Gasteiger partial charge >= 0.3 is 0 Å². The molecule has 1 unspecified atom stereocenters. The number of thioether (sulfide) groups is 1. The Kier molecular flexibility index (Phi) is 6.76. The number of imidazole rings is 1. The summed E-state index contributed by atoms with van der Waals surface area (Å²) in [5, 5.41) is 0.725. The third kappa shape index (κ3) is 5.10. The van der Waals surface area contributed by atoms with Crippen molar-refractivity contribution in [3.63, 3.8) is 0 Å². The molecule has 2 aromatic heterocycles. The molecule has 1 aliphatic heterocycles. The van der Waals surface area contributed by atoms with Crippen LogP contribution in [0.2, 0.25) is 0 Å². The van der Waals surface area contributed by atoms with E-state index in [4.69, 9.17) is 4.42 Å². The fourth-order valence-electron chi connectivity index (χ4n) is 4.00. The number of amides is 1. The lowest BCUT2D eigenvalue weighted by atomic mass is 10.0. The molecule has 9 heteroatoms. The summed E-state index contributed by atoms with van der Waals surface area (Å²) in [6.45, 7) is 4.56. The zero-order valence-corrected chi connectivity index (χ0v) is 19.8. The number of para-hydroxylation sites is 1. The summed E-state index contributed by atoms with van der Waals surface area (Å²) in [6.07, 6.45) is 5.64. The van der Waals surface area contributed by atoms with Gasteiger partial charge in [0.1, 0.15) is 5.76 Å². The van der Waals surface area contributed by atoms with E-state index in [2.05, 4.69) is 31.0 Å². The van der Waals surface area contributed by atoms with Crippen LogP contribution in [0.15, 0.2) is 64.6 Å². The Bertz CT molecular complexity index is 1170. The molecule has 0 spiro atoms. The summed E-state index contributed by atoms with van der Waals surface area (Å²) in [5.41, 5.74) is 2.25. The first-order chi connectivity index (χ1) is 15.3. The molecule has 1 aromatic carbocycles. The average molecular weight is 474 g/mol. The molecule has 0 saturated carbocycles. The molecule has 1 aliphatic rings. The number of carbonyl (C=O) groups is 1.